The number of ether oxygens (including phenoxy) is 1. The molecule has 0 bridgehead atoms. The molecule has 1 aliphatic carbocycles. The van der Waals surface area contributed by atoms with E-state index in [0.717, 1.165) is 11.7 Å². The molecule has 0 aliphatic heterocycles. The van der Waals surface area contributed by atoms with Gasteiger partial charge in [-0.3, -0.25) is 0 Å². The average Bonchev–Trinajstić information content (AvgIpc) is 2.83. The third-order valence-corrected chi connectivity index (χ3v) is 6.83. The molecule has 0 aromatic heterocycles. The Morgan fingerprint density at radius 1 is 0.767 bits per heavy atom. The van der Waals surface area contributed by atoms with Crippen molar-refractivity contribution in [1.29, 1.82) is 0 Å². The highest BCUT2D eigenvalue weighted by molar-refractivity contribution is 5.30. The van der Waals surface area contributed by atoms with E-state index in [4.69, 9.17) is 4.74 Å². The van der Waals surface area contributed by atoms with Gasteiger partial charge in [-0.05, 0) is 85.1 Å². The second kappa shape index (κ2) is 10.5. The van der Waals surface area contributed by atoms with E-state index in [0.29, 0.717) is 18.4 Å². The van der Waals surface area contributed by atoms with Crippen LogP contribution in [0.15, 0.2) is 84.9 Å². The van der Waals surface area contributed by atoms with Gasteiger partial charge in [-0.1, -0.05) is 79.7 Å². The lowest BCUT2D eigenvalue weighted by Crippen LogP contribution is -2.16. The first-order chi connectivity index (χ1) is 14.8. The van der Waals surface area contributed by atoms with Gasteiger partial charge >= 0.3 is 0 Å². The molecule has 156 valence electrons. The van der Waals surface area contributed by atoms with Gasteiger partial charge in [0, 0.05) is 0 Å². The molecule has 4 rings (SSSR count). The molecule has 30 heavy (non-hydrogen) atoms. The van der Waals surface area contributed by atoms with E-state index in [2.05, 4.69) is 85.8 Å². The maximum atomic E-state index is 5.95. The lowest BCUT2D eigenvalue weighted by Gasteiger charge is -2.31. The summed E-state index contributed by atoms with van der Waals surface area (Å²) in [6, 6.07) is 30.3. The first-order valence-corrected chi connectivity index (χ1v) is 11.6. The summed E-state index contributed by atoms with van der Waals surface area (Å²) < 4.78 is 5.95. The zero-order valence-electron chi connectivity index (χ0n) is 18.2. The number of rotatable bonds is 8. The SMILES string of the molecule is CCC(CC1CCC(c2ccc(OCc3ccccc3)cc2)CC1)c1ccccc1. The molecule has 0 heterocycles. The first kappa shape index (κ1) is 20.7. The smallest absolute Gasteiger partial charge is 0.119 e. The van der Waals surface area contributed by atoms with Gasteiger partial charge in [-0.2, -0.15) is 0 Å². The van der Waals surface area contributed by atoms with Crippen LogP contribution in [-0.4, -0.2) is 0 Å². The van der Waals surface area contributed by atoms with Crippen molar-refractivity contribution in [1.82, 2.24) is 0 Å². The van der Waals surface area contributed by atoms with Crippen molar-refractivity contribution in [3.63, 3.8) is 0 Å². The Morgan fingerprint density at radius 2 is 1.40 bits per heavy atom. The molecule has 1 saturated carbocycles. The second-order valence-electron chi connectivity index (χ2n) is 8.81. The topological polar surface area (TPSA) is 9.23 Å². The fraction of sp³-hybridized carbons (Fsp3) is 0.379. The van der Waals surface area contributed by atoms with Crippen LogP contribution in [0.3, 0.4) is 0 Å². The molecule has 0 spiro atoms. The molecule has 3 aromatic rings. The Morgan fingerprint density at radius 3 is 2.03 bits per heavy atom. The van der Waals surface area contributed by atoms with Gasteiger partial charge < -0.3 is 4.74 Å². The summed E-state index contributed by atoms with van der Waals surface area (Å²) in [6.45, 7) is 2.97. The summed E-state index contributed by atoms with van der Waals surface area (Å²) in [7, 11) is 0. The average molecular weight is 399 g/mol. The Balaban J connectivity index is 1.26. The lowest BCUT2D eigenvalue weighted by atomic mass is 9.74. The molecule has 3 aromatic carbocycles. The zero-order chi connectivity index (χ0) is 20.6. The largest absolute Gasteiger partial charge is 0.489 e. The fourth-order valence-corrected chi connectivity index (χ4v) is 4.97. The molecule has 0 N–H and O–H groups in total. The molecule has 0 radical (unpaired) electrons. The van der Waals surface area contributed by atoms with Crippen molar-refractivity contribution in [2.45, 2.75) is 63.9 Å². The Labute approximate surface area is 182 Å². The maximum absolute atomic E-state index is 5.95. The summed E-state index contributed by atoms with van der Waals surface area (Å²) in [5, 5.41) is 0. The molecule has 1 heteroatoms. The van der Waals surface area contributed by atoms with Gasteiger partial charge in [-0.15, -0.1) is 0 Å². The summed E-state index contributed by atoms with van der Waals surface area (Å²) in [5.41, 5.74) is 4.21. The summed E-state index contributed by atoms with van der Waals surface area (Å²) >= 11 is 0. The third-order valence-electron chi connectivity index (χ3n) is 6.83. The van der Waals surface area contributed by atoms with Crippen molar-refractivity contribution in [2.24, 2.45) is 5.92 Å². The van der Waals surface area contributed by atoms with Crippen LogP contribution >= 0.6 is 0 Å². The standard InChI is InChI=1S/C29H34O/c1-2-25(26-11-7-4-8-12-26)21-23-13-15-27(16-14-23)28-17-19-29(20-18-28)30-22-24-9-5-3-6-10-24/h3-12,17-20,23,25,27H,2,13-16,21-22H2,1H3. The monoisotopic (exact) mass is 398 g/mol. The minimum absolute atomic E-state index is 0.630. The Hall–Kier alpha value is -2.54. The van der Waals surface area contributed by atoms with E-state index in [1.165, 1.54) is 55.2 Å². The van der Waals surface area contributed by atoms with Crippen molar-refractivity contribution in [3.8, 4) is 5.75 Å². The van der Waals surface area contributed by atoms with Crippen LogP contribution in [0.1, 0.15) is 74.0 Å². The number of benzene rings is 3. The molecular formula is C29H34O. The quantitative estimate of drug-likeness (QED) is 0.372. The lowest BCUT2D eigenvalue weighted by molar-refractivity contribution is 0.290. The third kappa shape index (κ3) is 5.53. The summed E-state index contributed by atoms with van der Waals surface area (Å²) in [6.07, 6.45) is 7.95. The van der Waals surface area contributed by atoms with E-state index >= 15 is 0 Å². The minimum Gasteiger partial charge on any atom is -0.489 e. The van der Waals surface area contributed by atoms with Gasteiger partial charge in [0.2, 0.25) is 0 Å². The summed E-state index contributed by atoms with van der Waals surface area (Å²) in [4.78, 5) is 0. The van der Waals surface area contributed by atoms with Crippen LogP contribution in [0.5, 0.6) is 5.75 Å². The Kier molecular flexibility index (Phi) is 7.24. The molecular weight excluding hydrogens is 364 g/mol. The highest BCUT2D eigenvalue weighted by Gasteiger charge is 2.24. The van der Waals surface area contributed by atoms with E-state index in [1.54, 1.807) is 0 Å². The molecule has 1 fully saturated rings. The van der Waals surface area contributed by atoms with Gasteiger partial charge in [-0.25, -0.2) is 0 Å². The Bertz CT molecular complexity index is 861. The second-order valence-corrected chi connectivity index (χ2v) is 8.81. The van der Waals surface area contributed by atoms with E-state index in [-0.39, 0.29) is 0 Å². The predicted octanol–water partition coefficient (Wildman–Crippen LogP) is 8.12. The van der Waals surface area contributed by atoms with E-state index in [9.17, 15) is 0 Å². The molecule has 1 unspecified atom stereocenters. The molecule has 1 atom stereocenters. The van der Waals surface area contributed by atoms with Crippen LogP contribution in [0, 0.1) is 5.92 Å². The van der Waals surface area contributed by atoms with Crippen LogP contribution in [0.4, 0.5) is 0 Å². The fourth-order valence-electron chi connectivity index (χ4n) is 4.97. The minimum atomic E-state index is 0.630. The van der Waals surface area contributed by atoms with Crippen molar-refractivity contribution in [2.75, 3.05) is 0 Å². The molecule has 1 nitrogen and oxygen atoms in total. The molecule has 1 aliphatic rings. The molecule has 0 saturated heterocycles. The van der Waals surface area contributed by atoms with Gasteiger partial charge in [0.15, 0.2) is 0 Å². The van der Waals surface area contributed by atoms with Crippen LogP contribution in [-0.2, 0) is 6.61 Å². The summed E-state index contributed by atoms with van der Waals surface area (Å²) in [5.74, 6) is 3.26. The number of hydrogen-bond donors (Lipinski definition) is 0. The van der Waals surface area contributed by atoms with E-state index in [1.807, 2.05) is 6.07 Å². The van der Waals surface area contributed by atoms with Crippen LogP contribution in [0.25, 0.3) is 0 Å². The first-order valence-electron chi connectivity index (χ1n) is 11.6. The normalized spacial score (nSPS) is 19.9. The van der Waals surface area contributed by atoms with Gasteiger partial charge in [0.25, 0.3) is 0 Å². The predicted molar refractivity (Wildman–Crippen MR) is 126 cm³/mol. The van der Waals surface area contributed by atoms with Gasteiger partial charge in [0.05, 0.1) is 0 Å². The van der Waals surface area contributed by atoms with Crippen LogP contribution in [0.2, 0.25) is 0 Å². The molecule has 0 amide bonds. The number of hydrogen-bond acceptors (Lipinski definition) is 1. The van der Waals surface area contributed by atoms with Crippen LogP contribution < -0.4 is 4.74 Å². The van der Waals surface area contributed by atoms with E-state index < -0.39 is 0 Å². The highest BCUT2D eigenvalue weighted by Crippen LogP contribution is 2.40. The van der Waals surface area contributed by atoms with Gasteiger partial charge in [0.1, 0.15) is 12.4 Å². The highest BCUT2D eigenvalue weighted by atomic mass is 16.5. The zero-order valence-corrected chi connectivity index (χ0v) is 18.2. The maximum Gasteiger partial charge on any atom is 0.119 e. The van der Waals surface area contributed by atoms with Crippen molar-refractivity contribution < 1.29 is 4.74 Å². The van der Waals surface area contributed by atoms with Crippen molar-refractivity contribution >= 4 is 0 Å². The van der Waals surface area contributed by atoms with Crippen molar-refractivity contribution in [3.05, 3.63) is 102 Å².